The molecule has 18 heavy (non-hydrogen) atoms. The van der Waals surface area contributed by atoms with Gasteiger partial charge >= 0.3 is 0 Å². The maximum atomic E-state index is 11.8. The van der Waals surface area contributed by atoms with E-state index >= 15 is 0 Å². The molecule has 0 radical (unpaired) electrons. The molecule has 0 bridgehead atoms. The Labute approximate surface area is 109 Å². The Morgan fingerprint density at radius 2 is 2.06 bits per heavy atom. The van der Waals surface area contributed by atoms with Crippen molar-refractivity contribution in [1.29, 1.82) is 0 Å². The molecular formula is C15H22N2O. The molecular weight excluding hydrogens is 224 g/mol. The van der Waals surface area contributed by atoms with Crippen LogP contribution in [-0.2, 0) is 17.6 Å². The molecule has 1 saturated heterocycles. The number of benzene rings is 1. The highest BCUT2D eigenvalue weighted by molar-refractivity contribution is 5.78. The lowest BCUT2D eigenvalue weighted by Crippen LogP contribution is -2.31. The Bertz CT molecular complexity index is 380. The van der Waals surface area contributed by atoms with Crippen LogP contribution < -0.4 is 10.6 Å². The minimum absolute atomic E-state index is 0.131. The Balaban J connectivity index is 1.75. The minimum Gasteiger partial charge on any atom is -0.355 e. The lowest BCUT2D eigenvalue weighted by atomic mass is 10.1. The molecule has 1 atom stereocenters. The molecule has 2 N–H and O–H groups in total. The van der Waals surface area contributed by atoms with E-state index in [1.54, 1.807) is 0 Å². The summed E-state index contributed by atoms with van der Waals surface area (Å²) in [6.07, 6.45) is 2.71. The van der Waals surface area contributed by atoms with E-state index in [0.29, 0.717) is 12.3 Å². The number of amides is 1. The lowest BCUT2D eigenvalue weighted by molar-refractivity contribution is -0.120. The highest BCUT2D eigenvalue weighted by Gasteiger charge is 2.15. The Morgan fingerprint density at radius 1 is 1.33 bits per heavy atom. The first-order valence-corrected chi connectivity index (χ1v) is 6.83. The molecule has 0 saturated carbocycles. The van der Waals surface area contributed by atoms with Crippen LogP contribution in [-0.4, -0.2) is 25.5 Å². The molecule has 1 fully saturated rings. The van der Waals surface area contributed by atoms with Crippen molar-refractivity contribution < 1.29 is 4.79 Å². The highest BCUT2D eigenvalue weighted by atomic mass is 16.1. The molecule has 1 unspecified atom stereocenters. The molecule has 3 heteroatoms. The molecule has 1 amide bonds. The topological polar surface area (TPSA) is 41.1 Å². The number of nitrogens with one attached hydrogen (secondary N) is 2. The number of hydrogen-bond donors (Lipinski definition) is 2. The first kappa shape index (κ1) is 13.1. The van der Waals surface area contributed by atoms with Gasteiger partial charge in [0.25, 0.3) is 0 Å². The third kappa shape index (κ3) is 3.84. The average Bonchev–Trinajstić information content (AvgIpc) is 2.90. The minimum atomic E-state index is 0.131. The van der Waals surface area contributed by atoms with Crippen molar-refractivity contribution in [2.75, 3.05) is 19.6 Å². The summed E-state index contributed by atoms with van der Waals surface area (Å²) in [5.41, 5.74) is 2.41. The van der Waals surface area contributed by atoms with Crippen LogP contribution in [0.1, 0.15) is 24.5 Å². The Morgan fingerprint density at radius 3 is 2.67 bits per heavy atom. The largest absolute Gasteiger partial charge is 0.355 e. The number of carbonyl (C=O) groups excluding carboxylic acids is 1. The van der Waals surface area contributed by atoms with Gasteiger partial charge in [-0.2, -0.15) is 0 Å². The first-order chi connectivity index (χ1) is 8.78. The van der Waals surface area contributed by atoms with E-state index < -0.39 is 0 Å². The van der Waals surface area contributed by atoms with Crippen molar-refractivity contribution in [3.63, 3.8) is 0 Å². The third-order valence-corrected chi connectivity index (χ3v) is 3.55. The number of aryl methyl sites for hydroxylation is 1. The zero-order valence-electron chi connectivity index (χ0n) is 11.0. The zero-order valence-corrected chi connectivity index (χ0v) is 11.0. The van der Waals surface area contributed by atoms with Gasteiger partial charge in [0.2, 0.25) is 5.91 Å². The molecule has 0 aromatic heterocycles. The van der Waals surface area contributed by atoms with Crippen molar-refractivity contribution in [2.24, 2.45) is 5.92 Å². The van der Waals surface area contributed by atoms with Crippen LogP contribution in [0.25, 0.3) is 0 Å². The average molecular weight is 246 g/mol. The number of hydrogen-bond acceptors (Lipinski definition) is 2. The van der Waals surface area contributed by atoms with Crippen molar-refractivity contribution in [3.8, 4) is 0 Å². The summed E-state index contributed by atoms with van der Waals surface area (Å²) in [4.78, 5) is 11.8. The summed E-state index contributed by atoms with van der Waals surface area (Å²) >= 11 is 0. The Kier molecular flexibility index (Phi) is 4.76. The molecule has 0 spiro atoms. The van der Waals surface area contributed by atoms with Gasteiger partial charge in [-0.05, 0) is 43.0 Å². The predicted octanol–water partition coefficient (Wildman–Crippen LogP) is 1.52. The zero-order chi connectivity index (χ0) is 12.8. The van der Waals surface area contributed by atoms with Crippen molar-refractivity contribution >= 4 is 5.91 Å². The first-order valence-electron chi connectivity index (χ1n) is 6.83. The second-order valence-electron chi connectivity index (χ2n) is 5.01. The van der Waals surface area contributed by atoms with Gasteiger partial charge in [-0.1, -0.05) is 31.2 Å². The second-order valence-corrected chi connectivity index (χ2v) is 5.01. The van der Waals surface area contributed by atoms with Gasteiger partial charge in [0.1, 0.15) is 0 Å². The molecule has 3 nitrogen and oxygen atoms in total. The van der Waals surface area contributed by atoms with E-state index in [0.717, 1.165) is 31.6 Å². The third-order valence-electron chi connectivity index (χ3n) is 3.55. The summed E-state index contributed by atoms with van der Waals surface area (Å²) in [7, 11) is 0. The van der Waals surface area contributed by atoms with Gasteiger partial charge in [-0.25, -0.2) is 0 Å². The molecule has 1 aromatic rings. The van der Waals surface area contributed by atoms with Crippen molar-refractivity contribution in [3.05, 3.63) is 35.4 Å². The van der Waals surface area contributed by atoms with Crippen LogP contribution in [0.3, 0.4) is 0 Å². The van der Waals surface area contributed by atoms with Crippen LogP contribution in [0, 0.1) is 5.92 Å². The normalized spacial score (nSPS) is 18.8. The van der Waals surface area contributed by atoms with Crippen molar-refractivity contribution in [1.82, 2.24) is 10.6 Å². The fourth-order valence-electron chi connectivity index (χ4n) is 2.29. The monoisotopic (exact) mass is 246 g/mol. The van der Waals surface area contributed by atoms with Gasteiger partial charge in [0.15, 0.2) is 0 Å². The van der Waals surface area contributed by atoms with Gasteiger partial charge in [-0.15, -0.1) is 0 Å². The van der Waals surface area contributed by atoms with Crippen LogP contribution in [0.4, 0.5) is 0 Å². The van der Waals surface area contributed by atoms with Crippen LogP contribution in [0.15, 0.2) is 24.3 Å². The standard InChI is InChI=1S/C15H22N2O/c1-2-12-3-5-13(6-4-12)9-15(18)17-11-14-7-8-16-10-14/h3-6,14,16H,2,7-11H2,1H3,(H,17,18). The second kappa shape index (κ2) is 6.55. The molecule has 98 valence electrons. The predicted molar refractivity (Wildman–Crippen MR) is 73.5 cm³/mol. The summed E-state index contributed by atoms with van der Waals surface area (Å²) in [6, 6.07) is 8.30. The quantitative estimate of drug-likeness (QED) is 0.827. The summed E-state index contributed by atoms with van der Waals surface area (Å²) in [6.45, 7) is 5.06. The summed E-state index contributed by atoms with van der Waals surface area (Å²) in [5, 5.41) is 6.33. The smallest absolute Gasteiger partial charge is 0.224 e. The molecule has 0 aliphatic carbocycles. The summed E-state index contributed by atoms with van der Waals surface area (Å²) in [5.74, 6) is 0.738. The molecule has 1 aliphatic heterocycles. The Hall–Kier alpha value is -1.35. The van der Waals surface area contributed by atoms with Crippen LogP contribution in [0.2, 0.25) is 0 Å². The van der Waals surface area contributed by atoms with E-state index in [2.05, 4.69) is 41.8 Å². The highest BCUT2D eigenvalue weighted by Crippen LogP contribution is 2.07. The van der Waals surface area contributed by atoms with E-state index in [1.807, 2.05) is 0 Å². The van der Waals surface area contributed by atoms with Crippen LogP contribution >= 0.6 is 0 Å². The number of carbonyl (C=O) groups is 1. The van der Waals surface area contributed by atoms with Crippen molar-refractivity contribution in [2.45, 2.75) is 26.2 Å². The van der Waals surface area contributed by atoms with Gasteiger partial charge in [0.05, 0.1) is 6.42 Å². The van der Waals surface area contributed by atoms with Gasteiger partial charge in [-0.3, -0.25) is 4.79 Å². The maximum absolute atomic E-state index is 11.8. The molecule has 2 rings (SSSR count). The molecule has 1 aromatic carbocycles. The number of rotatable bonds is 5. The fraction of sp³-hybridized carbons (Fsp3) is 0.533. The van der Waals surface area contributed by atoms with Gasteiger partial charge in [0, 0.05) is 6.54 Å². The van der Waals surface area contributed by atoms with Gasteiger partial charge < -0.3 is 10.6 Å². The fourth-order valence-corrected chi connectivity index (χ4v) is 2.29. The van der Waals surface area contributed by atoms with E-state index in [9.17, 15) is 4.79 Å². The van der Waals surface area contributed by atoms with E-state index in [1.165, 1.54) is 12.0 Å². The SMILES string of the molecule is CCc1ccc(CC(=O)NCC2CCNC2)cc1. The molecule has 1 aliphatic rings. The summed E-state index contributed by atoms with van der Waals surface area (Å²) < 4.78 is 0. The van der Waals surface area contributed by atoms with E-state index in [-0.39, 0.29) is 5.91 Å². The molecule has 1 heterocycles. The van der Waals surface area contributed by atoms with E-state index in [4.69, 9.17) is 0 Å². The van der Waals surface area contributed by atoms with Crippen LogP contribution in [0.5, 0.6) is 0 Å². The maximum Gasteiger partial charge on any atom is 0.224 e. The lowest BCUT2D eigenvalue weighted by Gasteiger charge is -2.10.